The van der Waals surface area contributed by atoms with Crippen molar-refractivity contribution in [2.24, 2.45) is 0 Å². The molecular formula is C11H8F3N3O. The van der Waals surface area contributed by atoms with Gasteiger partial charge in [0.25, 0.3) is 5.56 Å². The van der Waals surface area contributed by atoms with Gasteiger partial charge < -0.3 is 0 Å². The third-order valence-electron chi connectivity index (χ3n) is 2.19. The Morgan fingerprint density at radius 1 is 1.17 bits per heavy atom. The molecule has 0 unspecified atom stereocenters. The predicted octanol–water partition coefficient (Wildman–Crippen LogP) is 1.71. The van der Waals surface area contributed by atoms with E-state index < -0.39 is 17.4 Å². The van der Waals surface area contributed by atoms with Gasteiger partial charge >= 0.3 is 6.18 Å². The maximum atomic E-state index is 12.4. The van der Waals surface area contributed by atoms with Crippen molar-refractivity contribution in [3.8, 4) is 0 Å². The van der Waals surface area contributed by atoms with Gasteiger partial charge in [0.05, 0.1) is 12.2 Å². The Labute approximate surface area is 99.7 Å². The van der Waals surface area contributed by atoms with Gasteiger partial charge in [-0.1, -0.05) is 6.07 Å². The Morgan fingerprint density at radius 2 is 1.94 bits per heavy atom. The van der Waals surface area contributed by atoms with E-state index in [1.165, 1.54) is 6.20 Å². The highest BCUT2D eigenvalue weighted by Crippen LogP contribution is 2.26. The molecule has 0 saturated carbocycles. The van der Waals surface area contributed by atoms with Gasteiger partial charge in [-0.2, -0.15) is 18.3 Å². The summed E-state index contributed by atoms with van der Waals surface area (Å²) < 4.78 is 38.1. The summed E-state index contributed by atoms with van der Waals surface area (Å²) in [5, 5.41) is 3.28. The molecule has 7 heteroatoms. The second-order valence-electron chi connectivity index (χ2n) is 3.53. The van der Waals surface area contributed by atoms with E-state index in [1.54, 1.807) is 18.2 Å². The number of hydrogen-bond acceptors (Lipinski definition) is 3. The average molecular weight is 255 g/mol. The molecule has 0 aliphatic rings. The third kappa shape index (κ3) is 2.73. The van der Waals surface area contributed by atoms with Gasteiger partial charge in [0.15, 0.2) is 5.69 Å². The molecule has 18 heavy (non-hydrogen) atoms. The van der Waals surface area contributed by atoms with Crippen molar-refractivity contribution in [3.05, 3.63) is 58.3 Å². The van der Waals surface area contributed by atoms with Crippen LogP contribution in [0.3, 0.4) is 0 Å². The number of nitrogens with zero attached hydrogens (tertiary/aromatic N) is 3. The molecule has 2 aromatic heterocycles. The van der Waals surface area contributed by atoms with Crippen LogP contribution in [0, 0.1) is 0 Å². The van der Waals surface area contributed by atoms with Gasteiger partial charge in [-0.05, 0) is 18.2 Å². The van der Waals surface area contributed by atoms with E-state index >= 15 is 0 Å². The Balaban J connectivity index is 2.36. The summed E-state index contributed by atoms with van der Waals surface area (Å²) in [5.41, 5.74) is -1.24. The average Bonchev–Trinajstić information content (AvgIpc) is 2.32. The standard InChI is InChI=1S/C11H8F3N3O/c12-11(13,14)9-4-5-10(18)17(16-9)7-8-3-1-2-6-15-8/h1-6H,7H2. The molecule has 0 N–H and O–H groups in total. The van der Waals surface area contributed by atoms with E-state index in [9.17, 15) is 18.0 Å². The lowest BCUT2D eigenvalue weighted by Crippen LogP contribution is -2.26. The summed E-state index contributed by atoms with van der Waals surface area (Å²) in [6, 6.07) is 6.47. The van der Waals surface area contributed by atoms with Crippen LogP contribution in [-0.2, 0) is 12.7 Å². The minimum absolute atomic E-state index is 0.0937. The first kappa shape index (κ1) is 12.3. The van der Waals surface area contributed by atoms with E-state index in [4.69, 9.17) is 0 Å². The first-order chi connectivity index (χ1) is 8.47. The van der Waals surface area contributed by atoms with E-state index in [-0.39, 0.29) is 6.54 Å². The Morgan fingerprint density at radius 3 is 2.56 bits per heavy atom. The molecule has 4 nitrogen and oxygen atoms in total. The number of aromatic nitrogens is 3. The summed E-state index contributed by atoms with van der Waals surface area (Å²) in [6.45, 7) is -0.0937. The minimum Gasteiger partial charge on any atom is -0.268 e. The molecule has 0 aromatic carbocycles. The van der Waals surface area contributed by atoms with Crippen LogP contribution < -0.4 is 5.56 Å². The quantitative estimate of drug-likeness (QED) is 0.820. The Kier molecular flexibility index (Phi) is 3.14. The van der Waals surface area contributed by atoms with E-state index in [1.807, 2.05) is 0 Å². The van der Waals surface area contributed by atoms with Crippen molar-refractivity contribution >= 4 is 0 Å². The number of halogens is 3. The number of alkyl halides is 3. The molecule has 2 rings (SSSR count). The maximum absolute atomic E-state index is 12.4. The zero-order valence-corrected chi connectivity index (χ0v) is 9.05. The topological polar surface area (TPSA) is 47.8 Å². The van der Waals surface area contributed by atoms with Gasteiger partial charge in [-0.15, -0.1) is 0 Å². The van der Waals surface area contributed by atoms with Crippen molar-refractivity contribution in [1.29, 1.82) is 0 Å². The van der Waals surface area contributed by atoms with Crippen LogP contribution in [0.15, 0.2) is 41.3 Å². The summed E-state index contributed by atoms with van der Waals surface area (Å²) in [6.07, 6.45) is -3.08. The molecule has 0 aliphatic heterocycles. The summed E-state index contributed by atoms with van der Waals surface area (Å²) in [4.78, 5) is 15.3. The zero-order chi connectivity index (χ0) is 13.2. The van der Waals surface area contributed by atoms with Crippen LogP contribution in [0.25, 0.3) is 0 Å². The Hall–Kier alpha value is -2.18. The smallest absolute Gasteiger partial charge is 0.268 e. The molecule has 0 fully saturated rings. The lowest BCUT2D eigenvalue weighted by atomic mass is 10.3. The van der Waals surface area contributed by atoms with Crippen molar-refractivity contribution in [1.82, 2.24) is 14.8 Å². The van der Waals surface area contributed by atoms with Crippen LogP contribution in [0.1, 0.15) is 11.4 Å². The van der Waals surface area contributed by atoms with Crippen LogP contribution in [-0.4, -0.2) is 14.8 Å². The number of hydrogen-bond donors (Lipinski definition) is 0. The monoisotopic (exact) mass is 255 g/mol. The van der Waals surface area contributed by atoms with Gasteiger partial charge in [0, 0.05) is 12.3 Å². The van der Waals surface area contributed by atoms with Crippen LogP contribution >= 0.6 is 0 Å². The van der Waals surface area contributed by atoms with Crippen molar-refractivity contribution in [2.45, 2.75) is 12.7 Å². The molecule has 2 heterocycles. The van der Waals surface area contributed by atoms with Crippen LogP contribution in [0.5, 0.6) is 0 Å². The molecule has 94 valence electrons. The fourth-order valence-electron chi connectivity index (χ4n) is 1.36. The molecule has 0 aliphatic carbocycles. The number of rotatable bonds is 2. The fourth-order valence-corrected chi connectivity index (χ4v) is 1.36. The predicted molar refractivity (Wildman–Crippen MR) is 56.8 cm³/mol. The zero-order valence-electron chi connectivity index (χ0n) is 9.05. The summed E-state index contributed by atoms with van der Waals surface area (Å²) in [5.74, 6) is 0. The lowest BCUT2D eigenvalue weighted by Gasteiger charge is -2.08. The summed E-state index contributed by atoms with van der Waals surface area (Å²) >= 11 is 0. The first-order valence-electron chi connectivity index (χ1n) is 5.02. The van der Waals surface area contributed by atoms with Gasteiger partial charge in [0.2, 0.25) is 0 Å². The summed E-state index contributed by atoms with van der Waals surface area (Å²) in [7, 11) is 0. The molecule has 0 amide bonds. The fraction of sp³-hybridized carbons (Fsp3) is 0.182. The number of pyridine rings is 1. The molecular weight excluding hydrogens is 247 g/mol. The maximum Gasteiger partial charge on any atom is 0.435 e. The molecule has 0 radical (unpaired) electrons. The van der Waals surface area contributed by atoms with Gasteiger partial charge in [0.1, 0.15) is 0 Å². The Bertz CT molecular complexity index is 592. The SMILES string of the molecule is O=c1ccc(C(F)(F)F)nn1Cc1ccccn1. The second kappa shape index (κ2) is 4.59. The minimum atomic E-state index is -4.57. The highest BCUT2D eigenvalue weighted by atomic mass is 19.4. The van der Waals surface area contributed by atoms with E-state index in [0.717, 1.165) is 10.7 Å². The molecule has 0 spiro atoms. The van der Waals surface area contributed by atoms with Crippen molar-refractivity contribution in [3.63, 3.8) is 0 Å². The molecule has 0 atom stereocenters. The second-order valence-corrected chi connectivity index (χ2v) is 3.53. The first-order valence-corrected chi connectivity index (χ1v) is 5.02. The largest absolute Gasteiger partial charge is 0.435 e. The van der Waals surface area contributed by atoms with Gasteiger partial charge in [-0.25, -0.2) is 4.68 Å². The molecule has 2 aromatic rings. The van der Waals surface area contributed by atoms with Crippen molar-refractivity contribution < 1.29 is 13.2 Å². The van der Waals surface area contributed by atoms with Crippen LogP contribution in [0.2, 0.25) is 0 Å². The van der Waals surface area contributed by atoms with Crippen molar-refractivity contribution in [2.75, 3.05) is 0 Å². The van der Waals surface area contributed by atoms with E-state index in [2.05, 4.69) is 10.1 Å². The molecule has 0 saturated heterocycles. The highest BCUT2D eigenvalue weighted by Gasteiger charge is 2.33. The lowest BCUT2D eigenvalue weighted by molar-refractivity contribution is -0.142. The highest BCUT2D eigenvalue weighted by molar-refractivity contribution is 5.07. The van der Waals surface area contributed by atoms with Crippen LogP contribution in [0.4, 0.5) is 13.2 Å². The van der Waals surface area contributed by atoms with E-state index in [0.29, 0.717) is 11.8 Å². The molecule has 0 bridgehead atoms. The third-order valence-corrected chi connectivity index (χ3v) is 2.19. The normalized spacial score (nSPS) is 11.5. The van der Waals surface area contributed by atoms with Gasteiger partial charge in [-0.3, -0.25) is 9.78 Å².